The van der Waals surface area contributed by atoms with Crippen LogP contribution in [-0.2, 0) is 14.4 Å². The Kier molecular flexibility index (Phi) is 8.32. The molecule has 4 heterocycles. The standard InChI is InChI=1S/C32H44N4O4S/c1-6-18-34-19-10-16-31(5)25(28(34)38)26-29(39)36(22(7-2)21-37)27-30(40)35(20-11-17-32(26,27)41-31)24-14-12-23(13-15-24)33(8-3)9-4/h10-17,22,25-27,37H,6-9,18-21H2,1-5H3/t22-,25-,26-,27?,31+,32-/m0/s1. The number of amides is 3. The summed E-state index contributed by atoms with van der Waals surface area (Å²) in [5.41, 5.74) is 1.87. The van der Waals surface area contributed by atoms with E-state index in [9.17, 15) is 19.5 Å². The number of anilines is 2. The zero-order valence-electron chi connectivity index (χ0n) is 25.0. The number of carbonyl (C=O) groups excluding carboxylic acids is 3. The maximum atomic E-state index is 14.7. The Morgan fingerprint density at radius 1 is 0.951 bits per heavy atom. The molecule has 222 valence electrons. The lowest BCUT2D eigenvalue weighted by Gasteiger charge is -2.39. The van der Waals surface area contributed by atoms with Crippen LogP contribution in [0.1, 0.15) is 47.5 Å². The van der Waals surface area contributed by atoms with Gasteiger partial charge in [-0.15, -0.1) is 11.8 Å². The highest BCUT2D eigenvalue weighted by Crippen LogP contribution is 2.66. The fourth-order valence-electron chi connectivity index (χ4n) is 7.45. The van der Waals surface area contributed by atoms with Gasteiger partial charge in [0.1, 0.15) is 6.04 Å². The summed E-state index contributed by atoms with van der Waals surface area (Å²) in [5, 5.41) is 10.4. The molecule has 1 aromatic carbocycles. The van der Waals surface area contributed by atoms with Crippen LogP contribution in [0, 0.1) is 11.8 Å². The molecular formula is C32H44N4O4S. The molecule has 1 unspecified atom stereocenters. The van der Waals surface area contributed by atoms with E-state index in [0.717, 1.165) is 30.9 Å². The Balaban J connectivity index is 1.60. The van der Waals surface area contributed by atoms with Crippen LogP contribution in [-0.4, -0.2) is 93.5 Å². The van der Waals surface area contributed by atoms with Gasteiger partial charge in [0.2, 0.25) is 11.8 Å². The van der Waals surface area contributed by atoms with Crippen molar-refractivity contribution in [1.29, 1.82) is 0 Å². The average Bonchev–Trinajstić information content (AvgIpc) is 3.24. The molecule has 8 nitrogen and oxygen atoms in total. The first kappa shape index (κ1) is 29.7. The van der Waals surface area contributed by atoms with E-state index in [1.807, 2.05) is 68.2 Å². The van der Waals surface area contributed by atoms with Gasteiger partial charge in [0.05, 0.1) is 29.2 Å². The third-order valence-electron chi connectivity index (χ3n) is 9.44. The van der Waals surface area contributed by atoms with Gasteiger partial charge >= 0.3 is 0 Å². The molecule has 4 aliphatic heterocycles. The molecule has 5 rings (SSSR count). The zero-order valence-corrected chi connectivity index (χ0v) is 25.8. The van der Waals surface area contributed by atoms with Crippen molar-refractivity contribution in [3.05, 3.63) is 48.6 Å². The van der Waals surface area contributed by atoms with Crippen molar-refractivity contribution >= 4 is 40.9 Å². The summed E-state index contributed by atoms with van der Waals surface area (Å²) in [4.78, 5) is 50.8. The van der Waals surface area contributed by atoms with Crippen LogP contribution in [0.15, 0.2) is 48.6 Å². The van der Waals surface area contributed by atoms with Gasteiger partial charge in [0.25, 0.3) is 5.91 Å². The summed E-state index contributed by atoms with van der Waals surface area (Å²) in [6, 6.07) is 6.69. The summed E-state index contributed by atoms with van der Waals surface area (Å²) < 4.78 is -1.54. The highest BCUT2D eigenvalue weighted by molar-refractivity contribution is 8.02. The quantitative estimate of drug-likeness (QED) is 0.449. The number of hydrogen-bond donors (Lipinski definition) is 1. The predicted octanol–water partition coefficient (Wildman–Crippen LogP) is 3.70. The summed E-state index contributed by atoms with van der Waals surface area (Å²) in [5.74, 6) is -1.67. The van der Waals surface area contributed by atoms with Gasteiger partial charge in [0, 0.05) is 48.8 Å². The number of likely N-dealkylation sites (tertiary alicyclic amines) is 1. The van der Waals surface area contributed by atoms with E-state index in [1.54, 1.807) is 21.6 Å². The van der Waals surface area contributed by atoms with Gasteiger partial charge in [-0.25, -0.2) is 0 Å². The number of benzene rings is 1. The lowest BCUT2D eigenvalue weighted by molar-refractivity contribution is -0.145. The van der Waals surface area contributed by atoms with Crippen LogP contribution in [0.25, 0.3) is 0 Å². The van der Waals surface area contributed by atoms with E-state index in [1.165, 1.54) is 0 Å². The van der Waals surface area contributed by atoms with Crippen molar-refractivity contribution in [3.63, 3.8) is 0 Å². The summed E-state index contributed by atoms with van der Waals surface area (Å²) in [6.45, 7) is 13.3. The maximum Gasteiger partial charge on any atom is 0.251 e. The number of carbonyl (C=O) groups is 3. The number of nitrogens with zero attached hydrogens (tertiary/aromatic N) is 4. The Labute approximate surface area is 248 Å². The van der Waals surface area contributed by atoms with Crippen LogP contribution in [0.3, 0.4) is 0 Å². The minimum absolute atomic E-state index is 0.0198. The van der Waals surface area contributed by atoms with Gasteiger partial charge in [-0.1, -0.05) is 38.2 Å². The molecule has 3 amide bonds. The molecule has 9 heteroatoms. The van der Waals surface area contributed by atoms with E-state index in [0.29, 0.717) is 26.1 Å². The van der Waals surface area contributed by atoms with Gasteiger partial charge in [-0.3, -0.25) is 14.4 Å². The van der Waals surface area contributed by atoms with E-state index in [-0.39, 0.29) is 24.3 Å². The van der Waals surface area contributed by atoms with Gasteiger partial charge in [-0.05, 0) is 57.9 Å². The molecule has 0 saturated carbocycles. The summed E-state index contributed by atoms with van der Waals surface area (Å²) >= 11 is 1.59. The first-order valence-corrected chi connectivity index (χ1v) is 16.0. The van der Waals surface area contributed by atoms with Crippen LogP contribution in [0.5, 0.6) is 0 Å². The molecule has 1 spiro atoms. The molecule has 0 aromatic heterocycles. The zero-order chi connectivity index (χ0) is 29.5. The molecule has 4 aliphatic rings. The monoisotopic (exact) mass is 580 g/mol. The topological polar surface area (TPSA) is 84.4 Å². The Morgan fingerprint density at radius 3 is 2.24 bits per heavy atom. The number of thioether (sulfide) groups is 1. The van der Waals surface area contributed by atoms with E-state index >= 15 is 0 Å². The summed E-state index contributed by atoms with van der Waals surface area (Å²) in [7, 11) is 0. The van der Waals surface area contributed by atoms with Gasteiger partial charge < -0.3 is 24.7 Å². The Bertz CT molecular complexity index is 1230. The third-order valence-corrected chi connectivity index (χ3v) is 11.2. The predicted molar refractivity (Wildman–Crippen MR) is 165 cm³/mol. The van der Waals surface area contributed by atoms with Gasteiger partial charge in [-0.2, -0.15) is 0 Å². The second-order valence-corrected chi connectivity index (χ2v) is 13.5. The molecular weight excluding hydrogens is 536 g/mol. The third kappa shape index (κ3) is 4.60. The fraction of sp³-hybridized carbons (Fsp3) is 0.594. The molecule has 2 fully saturated rings. The number of aliphatic hydroxyl groups excluding tert-OH is 1. The molecule has 0 aliphatic carbocycles. The molecule has 6 atom stereocenters. The molecule has 1 N–H and O–H groups in total. The molecule has 1 aromatic rings. The smallest absolute Gasteiger partial charge is 0.251 e. The van der Waals surface area contributed by atoms with Crippen molar-refractivity contribution < 1.29 is 19.5 Å². The molecule has 2 saturated heterocycles. The van der Waals surface area contributed by atoms with Crippen molar-refractivity contribution in [1.82, 2.24) is 9.80 Å². The second-order valence-electron chi connectivity index (χ2n) is 11.7. The van der Waals surface area contributed by atoms with Crippen molar-refractivity contribution in [2.24, 2.45) is 11.8 Å². The maximum absolute atomic E-state index is 14.7. The number of fused-ring (bicyclic) bond motifs is 2. The van der Waals surface area contributed by atoms with Crippen LogP contribution < -0.4 is 9.80 Å². The van der Waals surface area contributed by atoms with Crippen LogP contribution in [0.2, 0.25) is 0 Å². The second kappa shape index (κ2) is 11.5. The van der Waals surface area contributed by atoms with Crippen LogP contribution >= 0.6 is 11.8 Å². The number of rotatable bonds is 9. The Morgan fingerprint density at radius 2 is 1.63 bits per heavy atom. The van der Waals surface area contributed by atoms with E-state index in [4.69, 9.17) is 0 Å². The number of hydrogen-bond acceptors (Lipinski definition) is 6. The first-order valence-electron chi connectivity index (χ1n) is 15.1. The molecule has 0 bridgehead atoms. The molecule has 41 heavy (non-hydrogen) atoms. The van der Waals surface area contributed by atoms with Crippen molar-refractivity contribution in [2.75, 3.05) is 49.1 Å². The average molecular weight is 581 g/mol. The van der Waals surface area contributed by atoms with Gasteiger partial charge in [0.15, 0.2) is 0 Å². The molecule has 0 radical (unpaired) electrons. The SMILES string of the molecule is CCCN1CC=C[C@@]2(C)S[C@]34C=CCN(c5ccc(N(CC)CC)cc5)C(=O)C3N([C@@H](CC)CO)C(=O)[C@@H]4[C@H]2C1=O. The van der Waals surface area contributed by atoms with Crippen molar-refractivity contribution in [2.45, 2.75) is 69.0 Å². The highest BCUT2D eigenvalue weighted by Gasteiger charge is 2.74. The van der Waals surface area contributed by atoms with E-state index < -0.39 is 33.4 Å². The lowest BCUT2D eigenvalue weighted by Crippen LogP contribution is -2.56. The fourth-order valence-corrected chi connectivity index (χ4v) is 9.60. The lowest BCUT2D eigenvalue weighted by atomic mass is 9.74. The minimum atomic E-state index is -0.915. The Hall–Kier alpha value is -2.78. The largest absolute Gasteiger partial charge is 0.394 e. The normalized spacial score (nSPS) is 31.6. The number of aliphatic hydroxyl groups is 1. The van der Waals surface area contributed by atoms with Crippen molar-refractivity contribution in [3.8, 4) is 0 Å². The first-order chi connectivity index (χ1) is 19.7. The highest BCUT2D eigenvalue weighted by atomic mass is 32.2. The summed E-state index contributed by atoms with van der Waals surface area (Å²) in [6.07, 6.45) is 9.52. The van der Waals surface area contributed by atoms with E-state index in [2.05, 4.69) is 24.8 Å². The van der Waals surface area contributed by atoms with Crippen LogP contribution in [0.4, 0.5) is 11.4 Å². The minimum Gasteiger partial charge on any atom is -0.394 e.